The molecule has 2 fully saturated rings. The maximum Gasteiger partial charge on any atom is 0.256 e. The molecule has 0 aliphatic carbocycles. The molecule has 2 aliphatic heterocycles. The lowest BCUT2D eigenvalue weighted by Gasteiger charge is -2.36. The quantitative estimate of drug-likeness (QED) is 0.849. The van der Waals surface area contributed by atoms with Crippen molar-refractivity contribution >= 4 is 11.8 Å². The summed E-state index contributed by atoms with van der Waals surface area (Å²) in [4.78, 5) is 28.7. The van der Waals surface area contributed by atoms with Gasteiger partial charge in [-0.2, -0.15) is 0 Å². The highest BCUT2D eigenvalue weighted by atomic mass is 19.1. The Kier molecular flexibility index (Phi) is 5.36. The molecule has 2 aromatic carbocycles. The van der Waals surface area contributed by atoms with Gasteiger partial charge in [0.15, 0.2) is 0 Å². The number of hydrogen-bond acceptors (Lipinski definition) is 4. The molecule has 7 heteroatoms. The van der Waals surface area contributed by atoms with Crippen LogP contribution in [0.25, 0.3) is 0 Å². The van der Waals surface area contributed by atoms with Crippen molar-refractivity contribution in [3.05, 3.63) is 71.5 Å². The number of carbonyl (C=O) groups excluding carboxylic acids is 2. The Labute approximate surface area is 163 Å². The van der Waals surface area contributed by atoms with Crippen LogP contribution in [-0.4, -0.2) is 53.8 Å². The van der Waals surface area contributed by atoms with Crippen LogP contribution in [0.3, 0.4) is 0 Å². The molecular weight excluding hydrogens is 359 g/mol. The second kappa shape index (κ2) is 8.08. The fraction of sp³-hybridized carbons (Fsp3) is 0.333. The molecule has 2 heterocycles. The summed E-state index contributed by atoms with van der Waals surface area (Å²) in [5.74, 6) is -0.807. The summed E-state index contributed by atoms with van der Waals surface area (Å²) >= 11 is 0. The van der Waals surface area contributed by atoms with Gasteiger partial charge in [-0.05, 0) is 24.1 Å². The second-order valence-corrected chi connectivity index (χ2v) is 7.14. The van der Waals surface area contributed by atoms with Crippen molar-refractivity contribution < 1.29 is 14.0 Å². The van der Waals surface area contributed by atoms with E-state index < -0.39 is 5.82 Å². The van der Waals surface area contributed by atoms with Crippen LogP contribution in [0.15, 0.2) is 54.6 Å². The van der Waals surface area contributed by atoms with Crippen LogP contribution in [0.5, 0.6) is 0 Å². The number of hydrazine groups is 1. The Morgan fingerprint density at radius 3 is 2.21 bits per heavy atom. The average molecular weight is 382 g/mol. The summed E-state index contributed by atoms with van der Waals surface area (Å²) in [7, 11) is 0. The molecule has 2 saturated heterocycles. The Hall–Kier alpha value is -2.77. The molecule has 0 saturated carbocycles. The maximum atomic E-state index is 13.9. The smallest absolute Gasteiger partial charge is 0.256 e. The normalized spacial score (nSPS) is 22.3. The third-order valence-electron chi connectivity index (χ3n) is 5.39. The van der Waals surface area contributed by atoms with Crippen LogP contribution < -0.4 is 10.9 Å². The largest absolute Gasteiger partial charge is 0.338 e. The molecule has 146 valence electrons. The van der Waals surface area contributed by atoms with Crippen molar-refractivity contribution in [2.45, 2.75) is 18.5 Å². The first kappa shape index (κ1) is 18.6. The van der Waals surface area contributed by atoms with E-state index in [1.807, 2.05) is 30.3 Å². The zero-order valence-electron chi connectivity index (χ0n) is 15.5. The first-order valence-corrected chi connectivity index (χ1v) is 9.52. The van der Waals surface area contributed by atoms with E-state index in [2.05, 4.69) is 10.9 Å². The van der Waals surface area contributed by atoms with Crippen LogP contribution >= 0.6 is 0 Å². The molecule has 2 amide bonds. The first-order chi connectivity index (χ1) is 13.6. The average Bonchev–Trinajstić information content (AvgIpc) is 3.24. The highest BCUT2D eigenvalue weighted by Gasteiger charge is 2.34. The van der Waals surface area contributed by atoms with Gasteiger partial charge in [0.25, 0.3) is 5.91 Å². The molecule has 2 unspecified atom stereocenters. The highest BCUT2D eigenvalue weighted by molar-refractivity contribution is 5.94. The van der Waals surface area contributed by atoms with Crippen LogP contribution in [0.4, 0.5) is 4.39 Å². The van der Waals surface area contributed by atoms with E-state index in [0.29, 0.717) is 32.6 Å². The van der Waals surface area contributed by atoms with E-state index in [4.69, 9.17) is 0 Å². The van der Waals surface area contributed by atoms with Crippen LogP contribution in [-0.2, 0) is 4.79 Å². The van der Waals surface area contributed by atoms with Crippen molar-refractivity contribution in [2.75, 3.05) is 26.2 Å². The monoisotopic (exact) mass is 382 g/mol. The lowest BCUT2D eigenvalue weighted by atomic mass is 10.0. The Morgan fingerprint density at radius 1 is 0.857 bits per heavy atom. The van der Waals surface area contributed by atoms with Gasteiger partial charge in [0, 0.05) is 32.2 Å². The number of piperazine rings is 1. The number of benzene rings is 2. The molecule has 0 bridgehead atoms. The molecule has 28 heavy (non-hydrogen) atoms. The summed E-state index contributed by atoms with van der Waals surface area (Å²) in [6.07, 6.45) is 0.678. The Bertz CT molecular complexity index is 852. The molecular formula is C21H23FN4O2. The van der Waals surface area contributed by atoms with E-state index in [-0.39, 0.29) is 29.5 Å². The van der Waals surface area contributed by atoms with E-state index in [9.17, 15) is 14.0 Å². The van der Waals surface area contributed by atoms with Gasteiger partial charge in [0.2, 0.25) is 5.91 Å². The predicted molar refractivity (Wildman–Crippen MR) is 103 cm³/mol. The van der Waals surface area contributed by atoms with Crippen LogP contribution in [0.2, 0.25) is 0 Å². The van der Waals surface area contributed by atoms with Gasteiger partial charge in [-0.25, -0.2) is 15.2 Å². The van der Waals surface area contributed by atoms with Crippen molar-refractivity contribution in [3.8, 4) is 0 Å². The van der Waals surface area contributed by atoms with Gasteiger partial charge in [-0.15, -0.1) is 0 Å². The number of rotatable bonds is 3. The predicted octanol–water partition coefficient (Wildman–Crippen LogP) is 1.72. The zero-order valence-corrected chi connectivity index (χ0v) is 15.5. The summed E-state index contributed by atoms with van der Waals surface area (Å²) < 4.78 is 13.9. The number of halogens is 1. The number of nitrogens with one attached hydrogen (secondary N) is 2. The van der Waals surface area contributed by atoms with Crippen molar-refractivity contribution in [2.24, 2.45) is 0 Å². The van der Waals surface area contributed by atoms with E-state index in [1.54, 1.807) is 21.9 Å². The standard InChI is InChI=1S/C21H23FN4O2/c22-17-9-5-4-8-16(17)20(27)25-10-12-26(13-11-25)21(28)19-14-18(23-24-19)15-6-2-1-3-7-15/h1-9,18-19,23-24H,10-14H2. The topological polar surface area (TPSA) is 64.7 Å². The number of nitrogens with zero attached hydrogens (tertiary/aromatic N) is 2. The van der Waals surface area contributed by atoms with E-state index in [0.717, 1.165) is 5.56 Å². The minimum Gasteiger partial charge on any atom is -0.338 e. The minimum absolute atomic E-state index is 0.0314. The van der Waals surface area contributed by atoms with Gasteiger partial charge in [0.1, 0.15) is 11.9 Å². The Balaban J connectivity index is 1.32. The SMILES string of the molecule is O=C(c1ccccc1F)N1CCN(C(=O)C2CC(c3ccccc3)NN2)CC1. The fourth-order valence-electron chi connectivity index (χ4n) is 3.78. The lowest BCUT2D eigenvalue weighted by molar-refractivity contribution is -0.134. The molecule has 0 radical (unpaired) electrons. The Morgan fingerprint density at radius 2 is 1.50 bits per heavy atom. The molecule has 6 nitrogen and oxygen atoms in total. The lowest BCUT2D eigenvalue weighted by Crippen LogP contribution is -2.54. The van der Waals surface area contributed by atoms with Crippen molar-refractivity contribution in [3.63, 3.8) is 0 Å². The van der Waals surface area contributed by atoms with E-state index >= 15 is 0 Å². The van der Waals surface area contributed by atoms with Crippen LogP contribution in [0, 0.1) is 5.82 Å². The maximum absolute atomic E-state index is 13.9. The minimum atomic E-state index is -0.515. The van der Waals surface area contributed by atoms with Crippen molar-refractivity contribution in [1.82, 2.24) is 20.7 Å². The summed E-state index contributed by atoms with van der Waals surface area (Å²) in [6, 6.07) is 15.8. The number of carbonyl (C=O) groups is 2. The van der Waals surface area contributed by atoms with Gasteiger partial charge in [-0.3, -0.25) is 9.59 Å². The third kappa shape index (κ3) is 3.76. The van der Waals surface area contributed by atoms with Gasteiger partial charge < -0.3 is 9.80 Å². The van der Waals surface area contributed by atoms with Crippen molar-refractivity contribution in [1.29, 1.82) is 0 Å². The van der Waals surface area contributed by atoms with E-state index in [1.165, 1.54) is 12.1 Å². The zero-order chi connectivity index (χ0) is 19.5. The number of hydrogen-bond donors (Lipinski definition) is 2. The summed E-state index contributed by atoms with van der Waals surface area (Å²) in [5.41, 5.74) is 7.51. The molecule has 2 aromatic rings. The highest BCUT2D eigenvalue weighted by Crippen LogP contribution is 2.23. The third-order valence-corrected chi connectivity index (χ3v) is 5.39. The van der Waals surface area contributed by atoms with Crippen LogP contribution in [0.1, 0.15) is 28.4 Å². The number of amides is 2. The van der Waals surface area contributed by atoms with Gasteiger partial charge in [-0.1, -0.05) is 42.5 Å². The van der Waals surface area contributed by atoms with Gasteiger partial charge in [0.05, 0.1) is 5.56 Å². The molecule has 2 N–H and O–H groups in total. The molecule has 2 atom stereocenters. The summed E-state index contributed by atoms with van der Waals surface area (Å²) in [5, 5.41) is 0. The molecule has 0 aromatic heterocycles. The second-order valence-electron chi connectivity index (χ2n) is 7.14. The fourth-order valence-corrected chi connectivity index (χ4v) is 3.78. The molecule has 2 aliphatic rings. The van der Waals surface area contributed by atoms with Gasteiger partial charge >= 0.3 is 0 Å². The molecule has 4 rings (SSSR count). The molecule has 0 spiro atoms. The first-order valence-electron chi connectivity index (χ1n) is 9.52. The summed E-state index contributed by atoms with van der Waals surface area (Å²) in [6.45, 7) is 1.71.